The van der Waals surface area contributed by atoms with E-state index in [9.17, 15) is 0 Å². The lowest BCUT2D eigenvalue weighted by Crippen LogP contribution is -1.99. The van der Waals surface area contributed by atoms with Gasteiger partial charge in [-0.3, -0.25) is 4.57 Å². The molecule has 0 aliphatic carbocycles. The molecule has 1 aromatic heterocycles. The maximum absolute atomic E-state index is 5.76. The van der Waals surface area contributed by atoms with Crippen LogP contribution in [0.4, 0.5) is 0 Å². The van der Waals surface area contributed by atoms with Crippen molar-refractivity contribution in [3.8, 4) is 22.8 Å². The zero-order valence-electron chi connectivity index (χ0n) is 13.2. The second kappa shape index (κ2) is 6.78. The van der Waals surface area contributed by atoms with Crippen LogP contribution in [-0.4, -0.2) is 14.3 Å². The fourth-order valence-corrected chi connectivity index (χ4v) is 3.47. The molecule has 0 unspecified atom stereocenters. The summed E-state index contributed by atoms with van der Waals surface area (Å²) in [7, 11) is 0. The molecule has 122 valence electrons. The first-order valence-electron chi connectivity index (χ1n) is 7.83. The zero-order valence-corrected chi connectivity index (χ0v) is 15.6. The largest absolute Gasteiger partial charge is 0.268 e. The van der Waals surface area contributed by atoms with Crippen LogP contribution in [0.3, 0.4) is 0 Å². The van der Waals surface area contributed by atoms with Crippen LogP contribution in [0, 0.1) is 4.77 Å². The van der Waals surface area contributed by atoms with Crippen molar-refractivity contribution in [2.24, 2.45) is 0 Å². The fraction of sp³-hybridized carbons (Fsp3) is 0. The van der Waals surface area contributed by atoms with Crippen molar-refractivity contribution in [2.45, 2.75) is 0 Å². The molecule has 3 aromatic carbocycles. The molecule has 0 saturated heterocycles. The van der Waals surface area contributed by atoms with Crippen molar-refractivity contribution in [3.63, 3.8) is 0 Å². The Labute approximate surface area is 159 Å². The summed E-state index contributed by atoms with van der Waals surface area (Å²) in [6.45, 7) is 0. The third-order valence-electron chi connectivity index (χ3n) is 3.88. The van der Waals surface area contributed by atoms with Crippen molar-refractivity contribution in [3.05, 3.63) is 94.2 Å². The SMILES string of the molecule is S=c1n(-c2ccccc2)nc(-c2cccc(Br)c2)n1-c1ccccc1. The number of hydrogen-bond acceptors (Lipinski definition) is 2. The maximum Gasteiger partial charge on any atom is 0.207 e. The Morgan fingerprint density at radius 2 is 1.40 bits per heavy atom. The van der Waals surface area contributed by atoms with E-state index in [-0.39, 0.29) is 0 Å². The van der Waals surface area contributed by atoms with Crippen molar-refractivity contribution in [1.82, 2.24) is 14.3 Å². The van der Waals surface area contributed by atoms with E-state index in [0.29, 0.717) is 4.77 Å². The highest BCUT2D eigenvalue weighted by Gasteiger charge is 2.15. The van der Waals surface area contributed by atoms with Gasteiger partial charge in [0.25, 0.3) is 0 Å². The van der Waals surface area contributed by atoms with Crippen LogP contribution in [0.2, 0.25) is 0 Å². The molecule has 0 aliphatic heterocycles. The molecule has 0 atom stereocenters. The quantitative estimate of drug-likeness (QED) is 0.399. The number of halogens is 1. The van der Waals surface area contributed by atoms with E-state index in [1.807, 2.05) is 89.5 Å². The molecule has 25 heavy (non-hydrogen) atoms. The average molecular weight is 408 g/mol. The van der Waals surface area contributed by atoms with Gasteiger partial charge in [0.15, 0.2) is 5.82 Å². The van der Waals surface area contributed by atoms with Gasteiger partial charge in [0.2, 0.25) is 4.77 Å². The number of nitrogens with zero attached hydrogens (tertiary/aromatic N) is 3. The topological polar surface area (TPSA) is 22.8 Å². The van der Waals surface area contributed by atoms with E-state index in [2.05, 4.69) is 15.9 Å². The molecule has 5 heteroatoms. The lowest BCUT2D eigenvalue weighted by molar-refractivity contribution is 0.860. The van der Waals surface area contributed by atoms with Crippen LogP contribution < -0.4 is 0 Å². The van der Waals surface area contributed by atoms with Gasteiger partial charge in [-0.05, 0) is 48.6 Å². The van der Waals surface area contributed by atoms with Gasteiger partial charge in [-0.1, -0.05) is 64.5 Å². The minimum absolute atomic E-state index is 0.632. The first-order chi connectivity index (χ1) is 12.2. The summed E-state index contributed by atoms with van der Waals surface area (Å²) in [6.07, 6.45) is 0. The number of benzene rings is 3. The van der Waals surface area contributed by atoms with Gasteiger partial charge in [-0.25, -0.2) is 4.68 Å². The Morgan fingerprint density at radius 1 is 0.760 bits per heavy atom. The summed E-state index contributed by atoms with van der Waals surface area (Å²) in [5, 5.41) is 4.82. The van der Waals surface area contributed by atoms with Gasteiger partial charge < -0.3 is 0 Å². The van der Waals surface area contributed by atoms with Gasteiger partial charge in [0, 0.05) is 15.7 Å². The molecule has 4 aromatic rings. The summed E-state index contributed by atoms with van der Waals surface area (Å²) in [5.41, 5.74) is 2.93. The van der Waals surface area contributed by atoms with E-state index in [0.717, 1.165) is 27.2 Å². The first-order valence-corrected chi connectivity index (χ1v) is 9.03. The van der Waals surface area contributed by atoms with Gasteiger partial charge in [0.05, 0.1) is 5.69 Å². The summed E-state index contributed by atoms with van der Waals surface area (Å²) in [6, 6.07) is 28.1. The third-order valence-corrected chi connectivity index (χ3v) is 4.73. The molecule has 4 rings (SSSR count). The monoisotopic (exact) mass is 407 g/mol. The van der Waals surface area contributed by atoms with Crippen LogP contribution in [0.1, 0.15) is 0 Å². The standard InChI is InChI=1S/C20H14BrN3S/c21-16-9-7-8-15(14-16)19-22-24(18-12-5-2-6-13-18)20(25)23(19)17-10-3-1-4-11-17/h1-14H. The summed E-state index contributed by atoms with van der Waals surface area (Å²) in [4.78, 5) is 0. The van der Waals surface area contributed by atoms with E-state index in [1.165, 1.54) is 0 Å². The van der Waals surface area contributed by atoms with Crippen LogP contribution in [0.15, 0.2) is 89.4 Å². The van der Waals surface area contributed by atoms with E-state index < -0.39 is 0 Å². The lowest BCUT2D eigenvalue weighted by Gasteiger charge is -2.06. The molecule has 3 nitrogen and oxygen atoms in total. The fourth-order valence-electron chi connectivity index (χ4n) is 2.73. The Hall–Kier alpha value is -2.50. The maximum atomic E-state index is 5.76. The smallest absolute Gasteiger partial charge is 0.207 e. The highest BCUT2D eigenvalue weighted by atomic mass is 79.9. The zero-order chi connectivity index (χ0) is 17.2. The highest BCUT2D eigenvalue weighted by Crippen LogP contribution is 2.26. The second-order valence-electron chi connectivity index (χ2n) is 5.53. The van der Waals surface area contributed by atoms with Crippen molar-refractivity contribution in [1.29, 1.82) is 0 Å². The summed E-state index contributed by atoms with van der Waals surface area (Å²) >= 11 is 9.30. The predicted molar refractivity (Wildman–Crippen MR) is 107 cm³/mol. The molecule has 0 radical (unpaired) electrons. The predicted octanol–water partition coefficient (Wildman–Crippen LogP) is 5.82. The van der Waals surface area contributed by atoms with Crippen LogP contribution in [0.25, 0.3) is 22.8 Å². The molecule has 1 heterocycles. The van der Waals surface area contributed by atoms with E-state index >= 15 is 0 Å². The molecule has 0 aliphatic rings. The van der Waals surface area contributed by atoms with Gasteiger partial charge in [0.1, 0.15) is 0 Å². The molecule has 0 spiro atoms. The van der Waals surface area contributed by atoms with Gasteiger partial charge in [-0.2, -0.15) is 0 Å². The van der Waals surface area contributed by atoms with Crippen molar-refractivity contribution >= 4 is 28.1 Å². The molecular formula is C20H14BrN3S. The lowest BCUT2D eigenvalue weighted by atomic mass is 10.2. The third kappa shape index (κ3) is 3.08. The number of aromatic nitrogens is 3. The minimum Gasteiger partial charge on any atom is -0.268 e. The normalized spacial score (nSPS) is 10.8. The highest BCUT2D eigenvalue weighted by molar-refractivity contribution is 9.10. The Bertz CT molecular complexity index is 1070. The van der Waals surface area contributed by atoms with Gasteiger partial charge in [-0.15, -0.1) is 5.10 Å². The van der Waals surface area contributed by atoms with E-state index in [1.54, 1.807) is 4.68 Å². The first kappa shape index (κ1) is 16.0. The summed E-state index contributed by atoms with van der Waals surface area (Å²) in [5.74, 6) is 0.807. The molecule has 0 amide bonds. The number of hydrogen-bond donors (Lipinski definition) is 0. The van der Waals surface area contributed by atoms with Crippen molar-refractivity contribution in [2.75, 3.05) is 0 Å². The number of rotatable bonds is 3. The minimum atomic E-state index is 0.632. The number of para-hydroxylation sites is 2. The molecule has 0 N–H and O–H groups in total. The summed E-state index contributed by atoms with van der Waals surface area (Å²) < 4.78 is 5.44. The molecule has 0 saturated carbocycles. The average Bonchev–Trinajstić information content (AvgIpc) is 3.00. The molecule has 0 bridgehead atoms. The molecule has 0 fully saturated rings. The van der Waals surface area contributed by atoms with Crippen LogP contribution >= 0.6 is 28.1 Å². The second-order valence-corrected chi connectivity index (χ2v) is 6.82. The van der Waals surface area contributed by atoms with Crippen molar-refractivity contribution < 1.29 is 0 Å². The Kier molecular flexibility index (Phi) is 4.34. The van der Waals surface area contributed by atoms with Gasteiger partial charge >= 0.3 is 0 Å². The van der Waals surface area contributed by atoms with Crippen LogP contribution in [0.5, 0.6) is 0 Å². The Morgan fingerprint density at radius 3 is 2.04 bits per heavy atom. The van der Waals surface area contributed by atoms with Crippen LogP contribution in [-0.2, 0) is 0 Å². The Balaban J connectivity index is 2.01. The van der Waals surface area contributed by atoms with E-state index in [4.69, 9.17) is 17.3 Å². The molecular weight excluding hydrogens is 394 g/mol.